The number of phenolic OH excluding ortho intramolecular Hbond substituents is 1. The molecule has 0 saturated carbocycles. The number of benzene rings is 1. The van der Waals surface area contributed by atoms with Crippen LogP contribution in [0.5, 0.6) is 5.75 Å². The Bertz CT molecular complexity index is 474. The van der Waals surface area contributed by atoms with Crippen molar-refractivity contribution in [1.29, 1.82) is 0 Å². The molecule has 0 radical (unpaired) electrons. The number of hydrogen-bond acceptors (Lipinski definition) is 3. The summed E-state index contributed by atoms with van der Waals surface area (Å²) >= 11 is 5.64. The minimum Gasteiger partial charge on any atom is -0.507 e. The number of phenols is 1. The maximum atomic E-state index is 9.63. The number of halogens is 1. The summed E-state index contributed by atoms with van der Waals surface area (Å²) in [5.41, 5.74) is 1.37. The third-order valence-corrected chi connectivity index (χ3v) is 2.24. The average Bonchev–Trinajstić information content (AvgIpc) is 2.30. The Balaban J connectivity index is 2.49. The van der Waals surface area contributed by atoms with Crippen LogP contribution in [0.1, 0.15) is 5.82 Å². The first kappa shape index (κ1) is 9.93. The topological polar surface area (TPSA) is 46.0 Å². The highest BCUT2D eigenvalue weighted by atomic mass is 35.5. The first-order chi connectivity index (χ1) is 7.31. The van der Waals surface area contributed by atoms with Gasteiger partial charge >= 0.3 is 0 Å². The van der Waals surface area contributed by atoms with Gasteiger partial charge in [-0.3, -0.25) is 0 Å². The molecule has 0 saturated heterocycles. The molecule has 2 aromatic rings. The van der Waals surface area contributed by atoms with E-state index in [2.05, 4.69) is 9.97 Å². The Kier molecular flexibility index (Phi) is 2.83. The molecule has 0 bridgehead atoms. The predicted octanol–water partition coefficient (Wildman–Crippen LogP) is 2.59. The summed E-state index contributed by atoms with van der Waals surface area (Å²) in [6, 6.07) is 8.78. The number of para-hydroxylation sites is 1. The molecule has 2 rings (SSSR count). The summed E-state index contributed by atoms with van der Waals surface area (Å²) in [6.07, 6.45) is 1.63. The molecule has 1 aromatic heterocycles. The van der Waals surface area contributed by atoms with Crippen LogP contribution in [0.25, 0.3) is 11.3 Å². The van der Waals surface area contributed by atoms with Crippen molar-refractivity contribution in [3.8, 4) is 17.0 Å². The van der Waals surface area contributed by atoms with Gasteiger partial charge < -0.3 is 5.11 Å². The molecule has 0 spiro atoms. The Hall–Kier alpha value is -1.61. The summed E-state index contributed by atoms with van der Waals surface area (Å²) in [7, 11) is 0. The zero-order valence-corrected chi connectivity index (χ0v) is 8.65. The van der Waals surface area contributed by atoms with Gasteiger partial charge in [0.05, 0.1) is 11.6 Å². The summed E-state index contributed by atoms with van der Waals surface area (Å²) in [5.74, 6) is 1.02. The first-order valence-electron chi connectivity index (χ1n) is 4.47. The number of alkyl halides is 1. The highest BCUT2D eigenvalue weighted by molar-refractivity contribution is 6.16. The lowest BCUT2D eigenvalue weighted by molar-refractivity contribution is 0.477. The molecule has 0 unspecified atom stereocenters. The van der Waals surface area contributed by atoms with Crippen molar-refractivity contribution in [3.63, 3.8) is 0 Å². The van der Waals surface area contributed by atoms with Crippen LogP contribution in [0.3, 0.4) is 0 Å². The van der Waals surface area contributed by atoms with Crippen molar-refractivity contribution in [2.75, 3.05) is 0 Å². The second-order valence-corrected chi connectivity index (χ2v) is 3.28. The van der Waals surface area contributed by atoms with Gasteiger partial charge in [-0.15, -0.1) is 11.6 Å². The van der Waals surface area contributed by atoms with Gasteiger partial charge in [0.2, 0.25) is 0 Å². The van der Waals surface area contributed by atoms with Gasteiger partial charge in [-0.25, -0.2) is 9.97 Å². The van der Waals surface area contributed by atoms with E-state index in [1.165, 1.54) is 0 Å². The van der Waals surface area contributed by atoms with Crippen molar-refractivity contribution in [3.05, 3.63) is 42.4 Å². The monoisotopic (exact) mass is 220 g/mol. The largest absolute Gasteiger partial charge is 0.507 e. The van der Waals surface area contributed by atoms with Crippen molar-refractivity contribution in [2.45, 2.75) is 5.88 Å². The zero-order chi connectivity index (χ0) is 10.7. The van der Waals surface area contributed by atoms with Crippen molar-refractivity contribution in [1.82, 2.24) is 9.97 Å². The number of aromatic nitrogens is 2. The molecule has 0 aliphatic carbocycles. The van der Waals surface area contributed by atoms with Crippen LogP contribution in [0.2, 0.25) is 0 Å². The van der Waals surface area contributed by atoms with Gasteiger partial charge in [-0.2, -0.15) is 0 Å². The van der Waals surface area contributed by atoms with Crippen LogP contribution in [-0.4, -0.2) is 15.1 Å². The molecule has 15 heavy (non-hydrogen) atoms. The quantitative estimate of drug-likeness (QED) is 0.792. The third-order valence-electron chi connectivity index (χ3n) is 2.00. The summed E-state index contributed by atoms with van der Waals surface area (Å²) in [4.78, 5) is 8.21. The fourth-order valence-electron chi connectivity index (χ4n) is 1.30. The van der Waals surface area contributed by atoms with Crippen molar-refractivity contribution in [2.24, 2.45) is 0 Å². The van der Waals surface area contributed by atoms with E-state index in [1.807, 2.05) is 6.07 Å². The minimum absolute atomic E-state index is 0.205. The lowest BCUT2D eigenvalue weighted by Gasteiger charge is -2.03. The molecule has 0 atom stereocenters. The molecular weight excluding hydrogens is 212 g/mol. The van der Waals surface area contributed by atoms with Gasteiger partial charge in [-0.1, -0.05) is 12.1 Å². The molecular formula is C11H9ClN2O. The molecule has 3 nitrogen and oxygen atoms in total. The molecule has 1 aromatic carbocycles. The van der Waals surface area contributed by atoms with Crippen LogP contribution in [0.4, 0.5) is 0 Å². The molecule has 4 heteroatoms. The van der Waals surface area contributed by atoms with E-state index in [9.17, 15) is 5.11 Å². The van der Waals surface area contributed by atoms with Crippen LogP contribution >= 0.6 is 11.6 Å². The number of rotatable bonds is 2. The summed E-state index contributed by atoms with van der Waals surface area (Å²) in [5, 5.41) is 9.63. The van der Waals surface area contributed by atoms with Gasteiger partial charge in [0, 0.05) is 11.8 Å². The molecule has 0 amide bonds. The summed E-state index contributed by atoms with van der Waals surface area (Å²) < 4.78 is 0. The number of aromatic hydroxyl groups is 1. The average molecular weight is 221 g/mol. The van der Waals surface area contributed by atoms with Crippen molar-refractivity contribution >= 4 is 11.6 Å². The lowest BCUT2D eigenvalue weighted by atomic mass is 10.1. The molecule has 1 heterocycles. The predicted molar refractivity (Wildman–Crippen MR) is 58.7 cm³/mol. The first-order valence-corrected chi connectivity index (χ1v) is 5.01. The molecule has 0 fully saturated rings. The van der Waals surface area contributed by atoms with Gasteiger partial charge in [0.15, 0.2) is 0 Å². The zero-order valence-electron chi connectivity index (χ0n) is 7.89. The van der Waals surface area contributed by atoms with E-state index in [1.54, 1.807) is 30.5 Å². The fraction of sp³-hybridized carbons (Fsp3) is 0.0909. The smallest absolute Gasteiger partial charge is 0.143 e. The SMILES string of the molecule is Oc1ccccc1-c1ccnc(CCl)n1. The fourth-order valence-corrected chi connectivity index (χ4v) is 1.43. The standard InChI is InChI=1S/C11H9ClN2O/c12-7-11-13-6-5-9(14-11)8-3-1-2-4-10(8)15/h1-6,15H,7H2. The third kappa shape index (κ3) is 2.07. The number of hydrogen-bond donors (Lipinski definition) is 1. The highest BCUT2D eigenvalue weighted by Gasteiger charge is 2.05. The van der Waals surface area contributed by atoms with E-state index >= 15 is 0 Å². The van der Waals surface area contributed by atoms with Gasteiger partial charge in [-0.05, 0) is 18.2 Å². The second kappa shape index (κ2) is 4.28. The second-order valence-electron chi connectivity index (χ2n) is 3.01. The Labute approximate surface area is 92.4 Å². The lowest BCUT2D eigenvalue weighted by Crippen LogP contribution is -1.92. The van der Waals surface area contributed by atoms with Crippen LogP contribution in [0, 0.1) is 0 Å². The van der Waals surface area contributed by atoms with E-state index in [4.69, 9.17) is 11.6 Å². The molecule has 0 aliphatic rings. The molecule has 1 N–H and O–H groups in total. The molecule has 0 aliphatic heterocycles. The maximum Gasteiger partial charge on any atom is 0.143 e. The Morgan fingerprint density at radius 1 is 1.20 bits per heavy atom. The van der Waals surface area contributed by atoms with Gasteiger partial charge in [0.1, 0.15) is 11.6 Å². The van der Waals surface area contributed by atoms with E-state index in [0.29, 0.717) is 17.1 Å². The van der Waals surface area contributed by atoms with Crippen LogP contribution < -0.4 is 0 Å². The van der Waals surface area contributed by atoms with E-state index < -0.39 is 0 Å². The maximum absolute atomic E-state index is 9.63. The number of nitrogens with zero attached hydrogens (tertiary/aromatic N) is 2. The Morgan fingerprint density at radius 3 is 2.73 bits per heavy atom. The van der Waals surface area contributed by atoms with E-state index in [-0.39, 0.29) is 11.6 Å². The van der Waals surface area contributed by atoms with Crippen LogP contribution in [-0.2, 0) is 5.88 Å². The highest BCUT2D eigenvalue weighted by Crippen LogP contribution is 2.26. The Morgan fingerprint density at radius 2 is 2.00 bits per heavy atom. The normalized spacial score (nSPS) is 10.2. The van der Waals surface area contributed by atoms with Crippen molar-refractivity contribution < 1.29 is 5.11 Å². The molecule has 76 valence electrons. The van der Waals surface area contributed by atoms with E-state index in [0.717, 1.165) is 0 Å². The minimum atomic E-state index is 0.205. The summed E-state index contributed by atoms with van der Waals surface area (Å²) in [6.45, 7) is 0. The van der Waals surface area contributed by atoms with Crippen LogP contribution in [0.15, 0.2) is 36.5 Å². The van der Waals surface area contributed by atoms with Gasteiger partial charge in [0.25, 0.3) is 0 Å².